The first-order valence-electron chi connectivity index (χ1n) is 18.5. The predicted molar refractivity (Wildman–Crippen MR) is 204 cm³/mol. The number of fused-ring (bicyclic) bond motifs is 1. The van der Waals surface area contributed by atoms with Crippen molar-refractivity contribution in [3.8, 4) is 17.2 Å². The third-order valence-electron chi connectivity index (χ3n) is 10.0. The molecule has 2 aliphatic rings. The van der Waals surface area contributed by atoms with Crippen molar-refractivity contribution < 1.29 is 23.8 Å². The van der Waals surface area contributed by atoms with Gasteiger partial charge in [0.1, 0.15) is 22.8 Å². The van der Waals surface area contributed by atoms with Crippen LogP contribution < -0.4 is 19.2 Å². The standard InChI is InChI=1S/C40H58N2O5S2/c1-10-15-18-29(13-4)25-46-34-26(6)27(7)35(47-28(8)30(14-5)19-16-11-2)37-36(34)48-40(49-37)33-38(43)41(24-17-12-3)42(39(33)44)31-20-22-32(45-9)23-21-31/h20-23,28-30H,10-19,24-25H2,1-9H3/b40-33-. The number of rotatable bonds is 19. The Labute approximate surface area is 303 Å². The minimum atomic E-state index is -0.308. The highest BCUT2D eigenvalue weighted by molar-refractivity contribution is 8.25. The van der Waals surface area contributed by atoms with Crippen molar-refractivity contribution in [1.82, 2.24) is 5.01 Å². The molecule has 1 fully saturated rings. The Morgan fingerprint density at radius 1 is 0.776 bits per heavy atom. The molecule has 0 radical (unpaired) electrons. The second kappa shape index (κ2) is 18.5. The fourth-order valence-electron chi connectivity index (χ4n) is 6.51. The molecule has 7 nitrogen and oxygen atoms in total. The van der Waals surface area contributed by atoms with Crippen molar-refractivity contribution in [3.63, 3.8) is 0 Å². The third-order valence-corrected chi connectivity index (χ3v) is 12.6. The van der Waals surface area contributed by atoms with Crippen LogP contribution in [0.5, 0.6) is 17.2 Å². The van der Waals surface area contributed by atoms with Crippen molar-refractivity contribution in [3.05, 3.63) is 45.2 Å². The van der Waals surface area contributed by atoms with E-state index in [4.69, 9.17) is 14.2 Å². The molecular formula is C40H58N2O5S2. The molecule has 0 saturated carbocycles. The molecule has 2 heterocycles. The Bertz CT molecular complexity index is 1470. The average molecular weight is 711 g/mol. The van der Waals surface area contributed by atoms with Gasteiger partial charge in [0.05, 0.1) is 39.5 Å². The lowest BCUT2D eigenvalue weighted by atomic mass is 9.94. The van der Waals surface area contributed by atoms with Crippen LogP contribution in [0.4, 0.5) is 5.69 Å². The van der Waals surface area contributed by atoms with Crippen LogP contribution in [0.3, 0.4) is 0 Å². The lowest BCUT2D eigenvalue weighted by Crippen LogP contribution is -2.41. The number of carbonyl (C=O) groups excluding carboxylic acids is 2. The highest BCUT2D eigenvalue weighted by atomic mass is 32.2. The van der Waals surface area contributed by atoms with E-state index in [1.54, 1.807) is 12.1 Å². The van der Waals surface area contributed by atoms with Gasteiger partial charge in [-0.3, -0.25) is 9.59 Å². The number of anilines is 1. The van der Waals surface area contributed by atoms with Gasteiger partial charge < -0.3 is 14.2 Å². The first kappa shape index (κ1) is 39.0. The molecule has 2 amide bonds. The Balaban J connectivity index is 1.79. The van der Waals surface area contributed by atoms with Gasteiger partial charge in [0.25, 0.3) is 11.8 Å². The molecule has 0 spiro atoms. The smallest absolute Gasteiger partial charge is 0.284 e. The summed E-state index contributed by atoms with van der Waals surface area (Å²) < 4.78 is 19.7. The highest BCUT2D eigenvalue weighted by Crippen LogP contribution is 2.61. The molecule has 4 rings (SSSR count). The van der Waals surface area contributed by atoms with E-state index in [0.717, 1.165) is 77.4 Å². The Morgan fingerprint density at radius 2 is 1.39 bits per heavy atom. The van der Waals surface area contributed by atoms with Gasteiger partial charge in [0.2, 0.25) is 0 Å². The van der Waals surface area contributed by atoms with Gasteiger partial charge in [-0.05, 0) is 93.7 Å². The van der Waals surface area contributed by atoms with E-state index >= 15 is 0 Å². The molecule has 49 heavy (non-hydrogen) atoms. The molecular weight excluding hydrogens is 653 g/mol. The number of hydrogen-bond acceptors (Lipinski definition) is 7. The molecule has 2 aromatic rings. The van der Waals surface area contributed by atoms with E-state index < -0.39 is 0 Å². The number of ether oxygens (including phenoxy) is 3. The maximum Gasteiger partial charge on any atom is 0.284 e. The quantitative estimate of drug-likeness (QED) is 0.106. The molecule has 3 unspecified atom stereocenters. The molecule has 0 N–H and O–H groups in total. The summed E-state index contributed by atoms with van der Waals surface area (Å²) in [5.74, 6) is 2.72. The molecule has 1 saturated heterocycles. The predicted octanol–water partition coefficient (Wildman–Crippen LogP) is 10.9. The second-order valence-corrected chi connectivity index (χ2v) is 15.7. The van der Waals surface area contributed by atoms with Crippen LogP contribution in [-0.2, 0) is 9.59 Å². The van der Waals surface area contributed by atoms with Crippen molar-refractivity contribution in [2.75, 3.05) is 25.3 Å². The summed E-state index contributed by atoms with van der Waals surface area (Å²) in [7, 11) is 1.61. The van der Waals surface area contributed by atoms with Gasteiger partial charge in [-0.2, -0.15) is 0 Å². The first-order valence-corrected chi connectivity index (χ1v) is 20.1. The van der Waals surface area contributed by atoms with Crippen molar-refractivity contribution in [1.29, 1.82) is 0 Å². The zero-order valence-electron chi connectivity index (χ0n) is 31.3. The Morgan fingerprint density at radius 3 is 1.98 bits per heavy atom. The fourth-order valence-corrected chi connectivity index (χ4v) is 9.32. The van der Waals surface area contributed by atoms with Crippen LogP contribution in [0.1, 0.15) is 117 Å². The number of unbranched alkanes of at least 4 members (excludes halogenated alkanes) is 3. The summed E-state index contributed by atoms with van der Waals surface area (Å²) >= 11 is 2.98. The molecule has 0 aliphatic carbocycles. The number of thioether (sulfide) groups is 2. The monoisotopic (exact) mass is 710 g/mol. The largest absolute Gasteiger partial charge is 0.497 e. The number of hydrogen-bond donors (Lipinski definition) is 0. The zero-order valence-corrected chi connectivity index (χ0v) is 32.9. The third kappa shape index (κ3) is 8.76. The van der Waals surface area contributed by atoms with Crippen LogP contribution in [0.2, 0.25) is 0 Å². The summed E-state index contributed by atoms with van der Waals surface area (Å²) in [5, 5.41) is 3.14. The topological polar surface area (TPSA) is 68.3 Å². The van der Waals surface area contributed by atoms with Crippen LogP contribution in [-0.4, -0.2) is 43.2 Å². The molecule has 0 aromatic heterocycles. The average Bonchev–Trinajstić information content (AvgIpc) is 3.64. The highest BCUT2D eigenvalue weighted by Gasteiger charge is 2.46. The van der Waals surface area contributed by atoms with E-state index in [0.29, 0.717) is 40.7 Å². The van der Waals surface area contributed by atoms with E-state index in [-0.39, 0.29) is 23.5 Å². The maximum absolute atomic E-state index is 14.3. The van der Waals surface area contributed by atoms with E-state index in [1.165, 1.54) is 47.8 Å². The molecule has 2 aromatic carbocycles. The van der Waals surface area contributed by atoms with Gasteiger partial charge in [0, 0.05) is 6.54 Å². The zero-order chi connectivity index (χ0) is 35.7. The number of methoxy groups -OCH3 is 1. The number of nitrogens with zero attached hydrogens (tertiary/aromatic N) is 2. The summed E-state index contributed by atoms with van der Waals surface area (Å²) in [6, 6.07) is 7.30. The van der Waals surface area contributed by atoms with Crippen molar-refractivity contribution in [2.45, 2.75) is 135 Å². The summed E-state index contributed by atoms with van der Waals surface area (Å²) in [6.07, 6.45) is 10.8. The maximum atomic E-state index is 14.3. The Kier molecular flexibility index (Phi) is 14.7. The van der Waals surface area contributed by atoms with Gasteiger partial charge in [-0.1, -0.05) is 96.7 Å². The molecule has 2 aliphatic heterocycles. The van der Waals surface area contributed by atoms with E-state index in [9.17, 15) is 9.59 Å². The summed E-state index contributed by atoms with van der Waals surface area (Å²) in [4.78, 5) is 30.5. The SMILES string of the molecule is CCCCC(CC)COc1c(C)c(C)c(OC(C)C(CC)CCCC)c2c1S/C(=C1\C(=O)N(CCCC)N(c3ccc(OC)cc3)C1=O)S2. The normalized spacial score (nSPS) is 17.8. The summed E-state index contributed by atoms with van der Waals surface area (Å²) in [5.41, 5.74) is 2.96. The van der Waals surface area contributed by atoms with E-state index in [1.807, 2.05) is 24.3 Å². The van der Waals surface area contributed by atoms with Gasteiger partial charge >= 0.3 is 0 Å². The van der Waals surface area contributed by atoms with Crippen molar-refractivity contribution in [2.24, 2.45) is 11.8 Å². The van der Waals surface area contributed by atoms with E-state index in [2.05, 4.69) is 55.4 Å². The van der Waals surface area contributed by atoms with Crippen LogP contribution in [0.25, 0.3) is 0 Å². The lowest BCUT2D eigenvalue weighted by Gasteiger charge is -2.27. The van der Waals surface area contributed by atoms with Crippen LogP contribution >= 0.6 is 23.5 Å². The molecule has 0 bridgehead atoms. The number of carbonyl (C=O) groups is 2. The molecule has 270 valence electrons. The summed E-state index contributed by atoms with van der Waals surface area (Å²) in [6.45, 7) is 18.5. The molecule has 9 heteroatoms. The lowest BCUT2D eigenvalue weighted by molar-refractivity contribution is -0.125. The van der Waals surface area contributed by atoms with Gasteiger partial charge in [0.15, 0.2) is 0 Å². The second-order valence-electron chi connectivity index (χ2n) is 13.4. The van der Waals surface area contributed by atoms with Gasteiger partial charge in [-0.15, -0.1) is 0 Å². The number of benzene rings is 2. The Hall–Kier alpha value is -2.78. The van der Waals surface area contributed by atoms with Crippen molar-refractivity contribution >= 4 is 41.0 Å². The number of amides is 2. The first-order chi connectivity index (χ1) is 23.6. The number of hydrazine groups is 1. The van der Waals surface area contributed by atoms with Crippen LogP contribution in [0.15, 0.2) is 43.9 Å². The minimum absolute atomic E-state index is 0.0242. The fraction of sp³-hybridized carbons (Fsp3) is 0.600. The molecule has 3 atom stereocenters. The minimum Gasteiger partial charge on any atom is -0.497 e. The van der Waals surface area contributed by atoms with Gasteiger partial charge in [-0.25, -0.2) is 10.0 Å². The van der Waals surface area contributed by atoms with Crippen LogP contribution in [0, 0.1) is 25.7 Å².